The number of halogens is 1. The van der Waals surface area contributed by atoms with E-state index in [1.807, 2.05) is 6.07 Å². The first-order chi connectivity index (χ1) is 6.14. The van der Waals surface area contributed by atoms with Crippen molar-refractivity contribution in [3.8, 4) is 0 Å². The summed E-state index contributed by atoms with van der Waals surface area (Å²) in [7, 11) is -2.29. The first-order valence-corrected chi connectivity index (χ1v) is 10.2. The Morgan fingerprint density at radius 1 is 1.31 bits per heavy atom. The van der Waals surface area contributed by atoms with Gasteiger partial charge in [-0.3, -0.25) is 0 Å². The molecular weight excluding hydrogens is 216 g/mol. The molecule has 1 aromatic rings. The van der Waals surface area contributed by atoms with Crippen molar-refractivity contribution in [2.45, 2.75) is 19.1 Å². The summed E-state index contributed by atoms with van der Waals surface area (Å²) in [5.41, 5.74) is 1.36. The maximum absolute atomic E-state index is 5.70. The SMILES string of the molecule is C[Si](C)(Cc1ccccc1)O[SiH2]Cl. The van der Waals surface area contributed by atoms with Crippen molar-refractivity contribution in [2.24, 2.45) is 0 Å². The summed E-state index contributed by atoms with van der Waals surface area (Å²) in [4.78, 5) is 0. The van der Waals surface area contributed by atoms with Crippen LogP contribution in [0.2, 0.25) is 13.1 Å². The maximum Gasteiger partial charge on any atom is 0.247 e. The van der Waals surface area contributed by atoms with E-state index in [0.29, 0.717) is 0 Å². The van der Waals surface area contributed by atoms with Gasteiger partial charge in [0.15, 0.2) is 8.32 Å². The Morgan fingerprint density at radius 3 is 2.46 bits per heavy atom. The Hall–Kier alpha value is -0.0962. The Kier molecular flexibility index (Phi) is 4.18. The third-order valence-corrected chi connectivity index (χ3v) is 7.72. The molecule has 4 heteroatoms. The topological polar surface area (TPSA) is 9.23 Å². The summed E-state index contributed by atoms with van der Waals surface area (Å²) < 4.78 is 5.68. The minimum atomic E-state index is -1.51. The first kappa shape index (κ1) is 11.0. The lowest BCUT2D eigenvalue weighted by Crippen LogP contribution is -2.34. The van der Waals surface area contributed by atoms with Gasteiger partial charge in [-0.15, -0.1) is 11.1 Å². The third kappa shape index (κ3) is 4.09. The van der Waals surface area contributed by atoms with Crippen LogP contribution in [0.25, 0.3) is 0 Å². The van der Waals surface area contributed by atoms with Crippen LogP contribution in [-0.4, -0.2) is 17.4 Å². The molecule has 0 aliphatic heterocycles. The van der Waals surface area contributed by atoms with Gasteiger partial charge in [0.05, 0.1) is 0 Å². The minimum Gasteiger partial charge on any atom is -0.449 e. The lowest BCUT2D eigenvalue weighted by molar-refractivity contribution is 0.600. The number of hydrogen-bond donors (Lipinski definition) is 0. The van der Waals surface area contributed by atoms with Gasteiger partial charge in [-0.2, -0.15) is 0 Å². The van der Waals surface area contributed by atoms with Gasteiger partial charge in [0, 0.05) is 0 Å². The molecule has 72 valence electrons. The van der Waals surface area contributed by atoms with E-state index in [0.717, 1.165) is 6.04 Å². The smallest absolute Gasteiger partial charge is 0.247 e. The Labute approximate surface area is 87.9 Å². The number of benzene rings is 1. The van der Waals surface area contributed by atoms with Gasteiger partial charge in [0.2, 0.25) is 9.07 Å². The second-order valence-corrected chi connectivity index (χ2v) is 9.58. The van der Waals surface area contributed by atoms with Crippen LogP contribution in [0.5, 0.6) is 0 Å². The van der Waals surface area contributed by atoms with Crippen molar-refractivity contribution in [1.82, 2.24) is 0 Å². The van der Waals surface area contributed by atoms with Crippen molar-refractivity contribution in [3.63, 3.8) is 0 Å². The monoisotopic (exact) mass is 230 g/mol. The second-order valence-electron chi connectivity index (χ2n) is 3.68. The summed E-state index contributed by atoms with van der Waals surface area (Å²) >= 11 is 5.70. The molecule has 0 spiro atoms. The summed E-state index contributed by atoms with van der Waals surface area (Å²) in [6.45, 7) is 4.44. The summed E-state index contributed by atoms with van der Waals surface area (Å²) in [6.07, 6.45) is 0. The van der Waals surface area contributed by atoms with Crippen LogP contribution in [0.3, 0.4) is 0 Å². The van der Waals surface area contributed by atoms with Gasteiger partial charge < -0.3 is 4.12 Å². The highest BCUT2D eigenvalue weighted by Crippen LogP contribution is 2.12. The predicted molar refractivity (Wildman–Crippen MR) is 63.1 cm³/mol. The molecule has 1 aromatic carbocycles. The van der Waals surface area contributed by atoms with Crippen molar-refractivity contribution < 1.29 is 4.12 Å². The van der Waals surface area contributed by atoms with Crippen molar-refractivity contribution in [1.29, 1.82) is 0 Å². The van der Waals surface area contributed by atoms with Crippen molar-refractivity contribution in [2.75, 3.05) is 0 Å². The fraction of sp³-hybridized carbons (Fsp3) is 0.333. The molecule has 0 aliphatic rings. The molecular formula is C9H15ClOSi2. The van der Waals surface area contributed by atoms with Gasteiger partial charge in [0.25, 0.3) is 0 Å². The van der Waals surface area contributed by atoms with E-state index in [1.54, 1.807) is 0 Å². The quantitative estimate of drug-likeness (QED) is 0.570. The Morgan fingerprint density at radius 2 is 1.92 bits per heavy atom. The molecule has 0 amide bonds. The van der Waals surface area contributed by atoms with E-state index in [1.165, 1.54) is 5.56 Å². The number of hydrogen-bond acceptors (Lipinski definition) is 1. The summed E-state index contributed by atoms with van der Waals surface area (Å²) in [5.74, 6) is 0. The van der Waals surface area contributed by atoms with Gasteiger partial charge in [-0.05, 0) is 24.7 Å². The van der Waals surface area contributed by atoms with Crippen LogP contribution >= 0.6 is 11.1 Å². The fourth-order valence-electron chi connectivity index (χ4n) is 1.29. The lowest BCUT2D eigenvalue weighted by atomic mass is 10.2. The molecule has 0 unspecified atom stereocenters. The van der Waals surface area contributed by atoms with Crippen molar-refractivity contribution in [3.05, 3.63) is 35.9 Å². The zero-order valence-electron chi connectivity index (χ0n) is 8.09. The summed E-state index contributed by atoms with van der Waals surface area (Å²) in [6, 6.07) is 11.5. The van der Waals surface area contributed by atoms with E-state index >= 15 is 0 Å². The lowest BCUT2D eigenvalue weighted by Gasteiger charge is -2.21. The highest BCUT2D eigenvalue weighted by atomic mass is 35.6. The van der Waals surface area contributed by atoms with Crippen molar-refractivity contribution >= 4 is 28.5 Å². The first-order valence-electron chi connectivity index (χ1n) is 4.38. The highest BCUT2D eigenvalue weighted by molar-refractivity contribution is 6.94. The van der Waals surface area contributed by atoms with E-state index in [2.05, 4.69) is 37.4 Å². The van der Waals surface area contributed by atoms with Crippen LogP contribution in [0.15, 0.2) is 30.3 Å². The zero-order valence-corrected chi connectivity index (χ0v) is 11.3. The standard InChI is InChI=1S/C9H15ClOSi2/c1-13(2,11-12-10)8-9-6-4-3-5-7-9/h3-7H,8,12H2,1-2H3. The molecule has 0 aliphatic carbocycles. The molecule has 0 saturated heterocycles. The molecule has 0 fully saturated rings. The molecule has 0 saturated carbocycles. The van der Waals surface area contributed by atoms with Gasteiger partial charge in [-0.1, -0.05) is 30.3 Å². The van der Waals surface area contributed by atoms with Crippen LogP contribution < -0.4 is 0 Å². The molecule has 0 aromatic heterocycles. The molecule has 0 atom stereocenters. The van der Waals surface area contributed by atoms with E-state index < -0.39 is 17.4 Å². The second kappa shape index (κ2) is 4.95. The fourth-order valence-corrected chi connectivity index (χ4v) is 6.75. The molecule has 0 bridgehead atoms. The van der Waals surface area contributed by atoms with Gasteiger partial charge in [-0.25, -0.2) is 0 Å². The predicted octanol–water partition coefficient (Wildman–Crippen LogP) is 2.23. The van der Waals surface area contributed by atoms with E-state index in [-0.39, 0.29) is 0 Å². The van der Waals surface area contributed by atoms with Crippen LogP contribution in [-0.2, 0) is 10.2 Å². The highest BCUT2D eigenvalue weighted by Gasteiger charge is 2.21. The summed E-state index contributed by atoms with van der Waals surface area (Å²) in [5, 5.41) is 0. The van der Waals surface area contributed by atoms with Crippen LogP contribution in [0, 0.1) is 0 Å². The van der Waals surface area contributed by atoms with Gasteiger partial charge >= 0.3 is 0 Å². The molecule has 1 nitrogen and oxygen atoms in total. The van der Waals surface area contributed by atoms with Crippen LogP contribution in [0.4, 0.5) is 0 Å². The number of rotatable bonds is 4. The Balaban J connectivity index is 2.58. The van der Waals surface area contributed by atoms with E-state index in [9.17, 15) is 0 Å². The third-order valence-electron chi connectivity index (χ3n) is 1.92. The normalized spacial score (nSPS) is 12.5. The average Bonchev–Trinajstić information content (AvgIpc) is 2.04. The Bertz CT molecular complexity index is 251. The molecule has 1 rings (SSSR count). The molecule has 0 N–H and O–H groups in total. The molecule has 0 heterocycles. The minimum absolute atomic E-state index is 0.772. The maximum atomic E-state index is 5.70. The molecule has 13 heavy (non-hydrogen) atoms. The zero-order chi connectivity index (χ0) is 9.73. The largest absolute Gasteiger partial charge is 0.449 e. The van der Waals surface area contributed by atoms with E-state index in [4.69, 9.17) is 15.2 Å². The molecule has 0 radical (unpaired) electrons. The van der Waals surface area contributed by atoms with Gasteiger partial charge in [0.1, 0.15) is 0 Å². The average molecular weight is 231 g/mol. The van der Waals surface area contributed by atoms with Crippen LogP contribution in [0.1, 0.15) is 5.56 Å².